The molecular weight excluding hydrogens is 362 g/mol. The topological polar surface area (TPSA) is 92.5 Å². The van der Waals surface area contributed by atoms with E-state index in [2.05, 4.69) is 11.3 Å². The van der Waals surface area contributed by atoms with Crippen LogP contribution >= 0.6 is 0 Å². The number of anilines is 1. The third kappa shape index (κ3) is 6.54. The highest BCUT2D eigenvalue weighted by Crippen LogP contribution is 2.25. The maximum absolute atomic E-state index is 12.7. The van der Waals surface area contributed by atoms with E-state index in [0.717, 1.165) is 0 Å². The van der Waals surface area contributed by atoms with Crippen LogP contribution < -0.4 is 10.5 Å². The van der Waals surface area contributed by atoms with E-state index in [1.165, 1.54) is 18.2 Å². The Bertz CT molecular complexity index is 840. The van der Waals surface area contributed by atoms with Gasteiger partial charge < -0.3 is 10.6 Å². The molecule has 0 unspecified atom stereocenters. The molecule has 0 atom stereocenters. The lowest BCUT2D eigenvalue weighted by atomic mass is 10.1. The largest absolute Gasteiger partial charge is 0.376 e. The number of rotatable bonds is 11. The summed E-state index contributed by atoms with van der Waals surface area (Å²) in [4.78, 5) is 13.7. The van der Waals surface area contributed by atoms with E-state index < -0.39 is 10.0 Å². The lowest BCUT2D eigenvalue weighted by Crippen LogP contribution is -2.25. The van der Waals surface area contributed by atoms with Crippen molar-refractivity contribution in [2.24, 2.45) is 5.73 Å². The maximum atomic E-state index is 12.7. The van der Waals surface area contributed by atoms with Gasteiger partial charge in [0.25, 0.3) is 10.0 Å². The summed E-state index contributed by atoms with van der Waals surface area (Å²) < 4.78 is 28.0. The van der Waals surface area contributed by atoms with Crippen molar-refractivity contribution in [3.63, 3.8) is 0 Å². The lowest BCUT2D eigenvalue weighted by Gasteiger charge is -2.19. The Kier molecular flexibility index (Phi) is 9.25. The average molecular weight is 390 g/mol. The Balaban J connectivity index is 3.37. The second-order valence-corrected chi connectivity index (χ2v) is 7.26. The Morgan fingerprint density at radius 2 is 2.04 bits per heavy atom. The second-order valence-electron chi connectivity index (χ2n) is 5.58. The molecule has 27 heavy (non-hydrogen) atoms. The highest BCUT2D eigenvalue weighted by Gasteiger charge is 2.18. The van der Waals surface area contributed by atoms with Gasteiger partial charge >= 0.3 is 0 Å². The van der Waals surface area contributed by atoms with Gasteiger partial charge in [-0.05, 0) is 32.1 Å². The van der Waals surface area contributed by atoms with Gasteiger partial charge in [0.1, 0.15) is 0 Å². The summed E-state index contributed by atoms with van der Waals surface area (Å²) in [6, 6.07) is 6.76. The standard InChI is InChI=1S/C20H27N3O3S/c1-4-9-18(10-5-2)27(25,26)22-20-12-8-7-11-19(20)17(16-24)15-23(6-3)14-13-21/h4-5,7-12,15-16,22H,1,6,13-14,21H2,2-3H3/b10-5-,17-15+,18-9+. The SMILES string of the molecule is C=C/C=C(\C=C/C)S(=O)(=O)Nc1ccccc1/C(C=O)=C/N(CC)CCN. The molecule has 0 aliphatic carbocycles. The minimum absolute atomic E-state index is 0.0738. The Hall–Kier alpha value is -2.64. The molecule has 0 saturated carbocycles. The van der Waals surface area contributed by atoms with Crippen molar-refractivity contribution in [2.45, 2.75) is 13.8 Å². The number of benzene rings is 1. The van der Waals surface area contributed by atoms with E-state index in [1.54, 1.807) is 43.5 Å². The van der Waals surface area contributed by atoms with Crippen LogP contribution in [0, 0.1) is 0 Å². The number of carbonyl (C=O) groups is 1. The molecule has 0 saturated heterocycles. The van der Waals surface area contributed by atoms with Gasteiger partial charge in [0.05, 0.1) is 10.6 Å². The van der Waals surface area contributed by atoms with Gasteiger partial charge in [-0.15, -0.1) is 0 Å². The quantitative estimate of drug-likeness (QED) is 0.345. The zero-order valence-electron chi connectivity index (χ0n) is 15.8. The fourth-order valence-electron chi connectivity index (χ4n) is 2.38. The van der Waals surface area contributed by atoms with Gasteiger partial charge in [0, 0.05) is 37.0 Å². The number of likely N-dealkylation sites (N-methyl/N-ethyl adjacent to an activating group) is 1. The summed E-state index contributed by atoms with van der Waals surface area (Å²) in [6.45, 7) is 8.94. The summed E-state index contributed by atoms with van der Waals surface area (Å²) >= 11 is 0. The molecule has 0 aliphatic heterocycles. The number of nitrogens with zero attached hydrogens (tertiary/aromatic N) is 1. The Morgan fingerprint density at radius 1 is 1.33 bits per heavy atom. The van der Waals surface area contributed by atoms with Crippen LogP contribution in [0.25, 0.3) is 5.57 Å². The monoisotopic (exact) mass is 389 g/mol. The number of nitrogens with one attached hydrogen (secondary N) is 1. The van der Waals surface area contributed by atoms with Crippen LogP contribution in [-0.4, -0.2) is 39.2 Å². The third-order valence-electron chi connectivity index (χ3n) is 3.68. The van der Waals surface area contributed by atoms with Gasteiger partial charge in [-0.25, -0.2) is 8.42 Å². The summed E-state index contributed by atoms with van der Waals surface area (Å²) in [6.07, 6.45) is 8.31. The third-order valence-corrected chi connectivity index (χ3v) is 5.06. The van der Waals surface area contributed by atoms with Gasteiger partial charge in [-0.1, -0.05) is 36.9 Å². The number of hydrogen-bond acceptors (Lipinski definition) is 5. The van der Waals surface area contributed by atoms with E-state index in [0.29, 0.717) is 42.7 Å². The van der Waals surface area contributed by atoms with Crippen molar-refractivity contribution >= 4 is 27.6 Å². The van der Waals surface area contributed by atoms with Gasteiger partial charge in [0.2, 0.25) is 0 Å². The summed E-state index contributed by atoms with van der Waals surface area (Å²) in [7, 11) is -3.83. The lowest BCUT2D eigenvalue weighted by molar-refractivity contribution is -0.103. The molecule has 0 aromatic heterocycles. The second kappa shape index (κ2) is 11.2. The molecule has 0 fully saturated rings. The van der Waals surface area contributed by atoms with Crippen LogP contribution in [0.1, 0.15) is 19.4 Å². The molecule has 0 amide bonds. The Labute approximate surface area is 161 Å². The molecule has 0 aliphatic rings. The van der Waals surface area contributed by atoms with Crippen molar-refractivity contribution in [1.29, 1.82) is 0 Å². The van der Waals surface area contributed by atoms with E-state index in [4.69, 9.17) is 5.73 Å². The van der Waals surface area contributed by atoms with E-state index in [9.17, 15) is 13.2 Å². The molecule has 0 spiro atoms. The van der Waals surface area contributed by atoms with Crippen molar-refractivity contribution in [1.82, 2.24) is 4.90 Å². The fraction of sp³-hybridized carbons (Fsp3) is 0.250. The number of allylic oxidation sites excluding steroid dienone is 5. The van der Waals surface area contributed by atoms with Gasteiger partial charge in [-0.2, -0.15) is 0 Å². The minimum Gasteiger partial charge on any atom is -0.376 e. The number of para-hydroxylation sites is 1. The van der Waals surface area contributed by atoms with Crippen LogP contribution in [0.3, 0.4) is 0 Å². The average Bonchev–Trinajstić information content (AvgIpc) is 2.65. The van der Waals surface area contributed by atoms with Crippen molar-refractivity contribution < 1.29 is 13.2 Å². The number of nitrogens with two attached hydrogens (primary N) is 1. The molecule has 146 valence electrons. The highest BCUT2D eigenvalue weighted by atomic mass is 32.2. The van der Waals surface area contributed by atoms with E-state index in [1.807, 2.05) is 11.8 Å². The van der Waals surface area contributed by atoms with Gasteiger partial charge in [0.15, 0.2) is 6.29 Å². The fourth-order valence-corrected chi connectivity index (χ4v) is 3.56. The molecular formula is C20H27N3O3S. The molecule has 1 aromatic rings. The minimum atomic E-state index is -3.83. The van der Waals surface area contributed by atoms with E-state index >= 15 is 0 Å². The number of carbonyl (C=O) groups excluding carboxylic acids is 1. The number of hydrogen-bond donors (Lipinski definition) is 2. The predicted molar refractivity (Wildman–Crippen MR) is 112 cm³/mol. The van der Waals surface area contributed by atoms with Crippen LogP contribution in [0.5, 0.6) is 0 Å². The van der Waals surface area contributed by atoms with Crippen molar-refractivity contribution in [2.75, 3.05) is 24.4 Å². The van der Waals surface area contributed by atoms with E-state index in [-0.39, 0.29) is 4.91 Å². The molecule has 7 heteroatoms. The highest BCUT2D eigenvalue weighted by molar-refractivity contribution is 7.96. The van der Waals surface area contributed by atoms with Crippen LogP contribution in [-0.2, 0) is 14.8 Å². The molecule has 0 heterocycles. The van der Waals surface area contributed by atoms with Crippen LogP contribution in [0.4, 0.5) is 5.69 Å². The zero-order chi connectivity index (χ0) is 20.3. The first kappa shape index (κ1) is 22.4. The summed E-state index contributed by atoms with van der Waals surface area (Å²) in [5.41, 5.74) is 6.77. The molecule has 3 N–H and O–H groups in total. The number of aldehydes is 1. The smallest absolute Gasteiger partial charge is 0.261 e. The van der Waals surface area contributed by atoms with Crippen LogP contribution in [0.2, 0.25) is 0 Å². The first-order valence-electron chi connectivity index (χ1n) is 8.62. The molecule has 0 bridgehead atoms. The maximum Gasteiger partial charge on any atom is 0.261 e. The first-order valence-corrected chi connectivity index (χ1v) is 10.1. The predicted octanol–water partition coefficient (Wildman–Crippen LogP) is 2.89. The van der Waals surface area contributed by atoms with Crippen LogP contribution in [0.15, 0.2) is 66.3 Å². The molecule has 6 nitrogen and oxygen atoms in total. The molecule has 1 aromatic carbocycles. The van der Waals surface area contributed by atoms with Crippen molar-refractivity contribution in [3.8, 4) is 0 Å². The Morgan fingerprint density at radius 3 is 2.59 bits per heavy atom. The molecule has 0 radical (unpaired) electrons. The summed E-state index contributed by atoms with van der Waals surface area (Å²) in [5, 5.41) is 0. The number of sulfonamides is 1. The summed E-state index contributed by atoms with van der Waals surface area (Å²) in [5.74, 6) is 0. The first-order chi connectivity index (χ1) is 12.9. The van der Waals surface area contributed by atoms with Gasteiger partial charge in [-0.3, -0.25) is 9.52 Å². The molecule has 1 rings (SSSR count). The van der Waals surface area contributed by atoms with Crippen molar-refractivity contribution in [3.05, 3.63) is 71.8 Å². The normalized spacial score (nSPS) is 12.9. The zero-order valence-corrected chi connectivity index (χ0v) is 16.6.